The van der Waals surface area contributed by atoms with Gasteiger partial charge in [0.05, 0.1) is 42.7 Å². The Labute approximate surface area is 407 Å². The summed E-state index contributed by atoms with van der Waals surface area (Å²) in [5.74, 6) is -3.48. The molecule has 0 aromatic heterocycles. The number of hydrogen-bond acceptors (Lipinski definition) is 8. The molecule has 12 heteroatoms. The van der Waals surface area contributed by atoms with Crippen molar-refractivity contribution in [3.63, 3.8) is 0 Å². The molecule has 0 spiro atoms. The Hall–Kier alpha value is -3.35. The highest BCUT2D eigenvalue weighted by Crippen LogP contribution is 2.31. The van der Waals surface area contributed by atoms with Gasteiger partial charge in [-0.15, -0.1) is 0 Å². The van der Waals surface area contributed by atoms with Crippen LogP contribution in [0.5, 0.6) is 0 Å². The van der Waals surface area contributed by atoms with Crippen LogP contribution in [-0.4, -0.2) is 127 Å². The Morgan fingerprint density at radius 2 is 1.34 bits per heavy atom. The third-order valence-electron chi connectivity index (χ3n) is 14.7. The summed E-state index contributed by atoms with van der Waals surface area (Å²) in [6, 6.07) is 7.28. The lowest BCUT2D eigenvalue weighted by Crippen LogP contribution is -2.60. The number of carboxylic acid groups (broad SMARTS) is 1. The SMILES string of the molecule is CCCCCCCCCCCCCCCN(C)[C@H](C(=O)N[C@H](C(=O)N(C)[C@@H]([C@@H](C)CC)[C@@H](CC(=O)N1CCC[C@H]1[C@H](OC)[C@@H](C)C(=O)C[C@@H](Cc1ccccc1)C(=O)O)OC)C(C)C)C(C)C. The van der Waals surface area contributed by atoms with Gasteiger partial charge in [0, 0.05) is 40.2 Å². The van der Waals surface area contributed by atoms with Gasteiger partial charge in [0.25, 0.3) is 0 Å². The van der Waals surface area contributed by atoms with Crippen LogP contribution in [0.25, 0.3) is 0 Å². The van der Waals surface area contributed by atoms with Gasteiger partial charge in [0.2, 0.25) is 17.7 Å². The molecule has 0 radical (unpaired) electrons. The highest BCUT2D eigenvalue weighted by molar-refractivity contribution is 5.90. The molecular weight excluding hydrogens is 845 g/mol. The number of ether oxygens (including phenoxy) is 2. The molecule has 1 saturated heterocycles. The molecule has 1 aromatic rings. The fourth-order valence-corrected chi connectivity index (χ4v) is 10.4. The van der Waals surface area contributed by atoms with Gasteiger partial charge >= 0.3 is 5.97 Å². The van der Waals surface area contributed by atoms with Gasteiger partial charge in [0.1, 0.15) is 11.8 Å². The standard InChI is InChI=1S/C55H96N4O8/c1-13-15-16-17-18-19-20-21-22-23-24-25-29-34-57(9)50(40(5)6)53(62)56-49(39(3)4)54(63)58(10)51(41(7)14-2)47(66-11)38-48(61)59-35-30-33-45(59)52(67-12)42(8)46(60)37-44(55(64)65)36-43-31-27-26-28-32-43/h26-28,31-32,39-42,44-45,47,49-52H,13-25,29-30,33-38H2,1-12H3,(H,56,62)(H,64,65)/t41-,42-,44+,45-,47+,49-,50-,51-,52+/m0/s1. The summed E-state index contributed by atoms with van der Waals surface area (Å²) >= 11 is 0. The predicted octanol–water partition coefficient (Wildman–Crippen LogP) is 10.00. The minimum absolute atomic E-state index is 0.00860. The van der Waals surface area contributed by atoms with Crippen LogP contribution in [0.3, 0.4) is 0 Å². The van der Waals surface area contributed by atoms with Gasteiger partial charge in [-0.2, -0.15) is 0 Å². The van der Waals surface area contributed by atoms with Gasteiger partial charge in [-0.3, -0.25) is 28.9 Å². The van der Waals surface area contributed by atoms with Crippen LogP contribution in [0.2, 0.25) is 0 Å². The highest BCUT2D eigenvalue weighted by atomic mass is 16.5. The summed E-state index contributed by atoms with van der Waals surface area (Å²) in [6.45, 7) is 17.5. The maximum Gasteiger partial charge on any atom is 0.307 e. The van der Waals surface area contributed by atoms with Gasteiger partial charge in [-0.25, -0.2) is 0 Å². The zero-order valence-corrected chi connectivity index (χ0v) is 44.2. The quantitative estimate of drug-likeness (QED) is 0.0628. The molecule has 9 atom stereocenters. The fraction of sp³-hybridized carbons (Fsp3) is 0.800. The number of rotatable bonds is 36. The van der Waals surface area contributed by atoms with Crippen molar-refractivity contribution in [2.75, 3.05) is 41.4 Å². The van der Waals surface area contributed by atoms with Gasteiger partial charge in [-0.05, 0) is 62.6 Å². The molecule has 0 bridgehead atoms. The number of carbonyl (C=O) groups excluding carboxylic acids is 4. The summed E-state index contributed by atoms with van der Waals surface area (Å²) in [5, 5.41) is 13.2. The summed E-state index contributed by atoms with van der Waals surface area (Å²) in [7, 11) is 6.88. The first-order valence-electron chi connectivity index (χ1n) is 26.4. The van der Waals surface area contributed by atoms with Crippen LogP contribution < -0.4 is 5.32 Å². The molecule has 1 aromatic carbocycles. The molecule has 1 aliphatic rings. The average Bonchev–Trinajstić information content (AvgIpc) is 3.78. The number of carbonyl (C=O) groups is 5. The maximum atomic E-state index is 14.6. The highest BCUT2D eigenvalue weighted by Gasteiger charge is 2.43. The minimum Gasteiger partial charge on any atom is -0.481 e. The van der Waals surface area contributed by atoms with Crippen molar-refractivity contribution < 1.29 is 38.6 Å². The van der Waals surface area contributed by atoms with E-state index >= 15 is 0 Å². The lowest BCUT2D eigenvalue weighted by molar-refractivity contribution is -0.148. The van der Waals surface area contributed by atoms with Crippen LogP contribution in [0.1, 0.15) is 177 Å². The summed E-state index contributed by atoms with van der Waals surface area (Å²) < 4.78 is 12.1. The van der Waals surface area contributed by atoms with E-state index in [1.165, 1.54) is 77.7 Å². The second kappa shape index (κ2) is 32.5. The number of ketones is 1. The normalized spacial score (nSPS) is 17.8. The topological polar surface area (TPSA) is 146 Å². The Morgan fingerprint density at radius 3 is 1.84 bits per heavy atom. The first kappa shape index (κ1) is 59.8. The number of Topliss-reactive ketones (excluding diaryl/α,β-unsaturated/α-hetero) is 1. The maximum absolute atomic E-state index is 14.6. The summed E-state index contributed by atoms with van der Waals surface area (Å²) in [4.78, 5) is 74.7. The smallest absolute Gasteiger partial charge is 0.307 e. The number of hydrogen-bond donors (Lipinski definition) is 2. The van der Waals surface area contributed by atoms with Crippen molar-refractivity contribution in [2.45, 2.75) is 214 Å². The van der Waals surface area contributed by atoms with Crippen LogP contribution in [-0.2, 0) is 39.9 Å². The molecule has 0 unspecified atom stereocenters. The van der Waals surface area contributed by atoms with E-state index in [0.717, 1.165) is 37.8 Å². The summed E-state index contributed by atoms with van der Waals surface area (Å²) in [5.41, 5.74) is 0.851. The first-order valence-corrected chi connectivity index (χ1v) is 26.4. The van der Waals surface area contributed by atoms with Gasteiger partial charge in [0.15, 0.2) is 0 Å². The molecule has 1 heterocycles. The Kier molecular flexibility index (Phi) is 29.0. The fourth-order valence-electron chi connectivity index (χ4n) is 10.4. The van der Waals surface area contributed by atoms with Gasteiger partial charge < -0.3 is 29.7 Å². The zero-order valence-electron chi connectivity index (χ0n) is 44.2. The Morgan fingerprint density at radius 1 is 0.776 bits per heavy atom. The molecule has 0 aliphatic carbocycles. The van der Waals surface area contributed by atoms with Crippen molar-refractivity contribution in [3.05, 3.63) is 35.9 Å². The molecule has 3 amide bonds. The number of aliphatic carboxylic acids is 1. The molecule has 1 fully saturated rings. The van der Waals surface area contributed by atoms with E-state index < -0.39 is 42.1 Å². The molecule has 67 heavy (non-hydrogen) atoms. The van der Waals surface area contributed by atoms with E-state index in [4.69, 9.17) is 9.47 Å². The number of nitrogens with zero attached hydrogens (tertiary/aromatic N) is 3. The molecule has 2 N–H and O–H groups in total. The van der Waals surface area contributed by atoms with E-state index in [-0.39, 0.29) is 72.6 Å². The third kappa shape index (κ3) is 19.9. The Bertz CT molecular complexity index is 1570. The lowest BCUT2D eigenvalue weighted by atomic mass is 9.85. The van der Waals surface area contributed by atoms with Crippen LogP contribution in [0, 0.1) is 29.6 Å². The molecule has 12 nitrogen and oxygen atoms in total. The number of amides is 3. The van der Waals surface area contributed by atoms with Crippen LogP contribution >= 0.6 is 0 Å². The monoisotopic (exact) mass is 941 g/mol. The third-order valence-corrected chi connectivity index (χ3v) is 14.7. The molecule has 0 saturated carbocycles. The number of likely N-dealkylation sites (tertiary alicyclic amines) is 1. The number of methoxy groups -OCH3 is 2. The van der Waals surface area contributed by atoms with Crippen molar-refractivity contribution >= 4 is 29.5 Å². The van der Waals surface area contributed by atoms with Crippen molar-refractivity contribution in [1.82, 2.24) is 20.0 Å². The van der Waals surface area contributed by atoms with E-state index in [2.05, 4.69) is 44.8 Å². The van der Waals surface area contributed by atoms with E-state index in [0.29, 0.717) is 13.0 Å². The van der Waals surface area contributed by atoms with Crippen molar-refractivity contribution in [1.29, 1.82) is 0 Å². The zero-order chi connectivity index (χ0) is 50.1. The predicted molar refractivity (Wildman–Crippen MR) is 271 cm³/mol. The van der Waals surface area contributed by atoms with Crippen LogP contribution in [0.4, 0.5) is 0 Å². The van der Waals surface area contributed by atoms with Crippen LogP contribution in [0.15, 0.2) is 30.3 Å². The van der Waals surface area contributed by atoms with E-state index in [1.807, 2.05) is 51.2 Å². The van der Waals surface area contributed by atoms with Crippen molar-refractivity contribution in [2.24, 2.45) is 29.6 Å². The molecule has 1 aliphatic heterocycles. The first-order chi connectivity index (χ1) is 31.9. The van der Waals surface area contributed by atoms with Gasteiger partial charge in [-0.1, -0.05) is 169 Å². The second-order valence-electron chi connectivity index (χ2n) is 20.6. The number of carboxylic acids is 1. The number of likely N-dealkylation sites (N-methyl/N-ethyl adjacent to an activating group) is 2. The largest absolute Gasteiger partial charge is 0.481 e. The lowest BCUT2D eigenvalue weighted by Gasteiger charge is -2.41. The van der Waals surface area contributed by atoms with E-state index in [9.17, 15) is 29.1 Å². The average molecular weight is 941 g/mol. The molecule has 2 rings (SSSR count). The number of benzene rings is 1. The molecule has 384 valence electrons. The second-order valence-corrected chi connectivity index (χ2v) is 20.6. The molecular formula is C55H96N4O8. The number of unbranched alkanes of at least 4 members (excludes halogenated alkanes) is 12. The Balaban J connectivity index is 2.10. The van der Waals surface area contributed by atoms with Crippen molar-refractivity contribution in [3.8, 4) is 0 Å². The number of nitrogens with one attached hydrogen (secondary N) is 1. The van der Waals surface area contributed by atoms with E-state index in [1.54, 1.807) is 30.9 Å². The summed E-state index contributed by atoms with van der Waals surface area (Å²) in [6.07, 6.45) is 17.7. The minimum atomic E-state index is -1.02.